The molecule has 3 aromatic rings. The van der Waals surface area contributed by atoms with Crippen LogP contribution in [0.3, 0.4) is 0 Å². The van der Waals surface area contributed by atoms with Crippen LogP contribution in [-0.4, -0.2) is 38.8 Å². The van der Waals surface area contributed by atoms with E-state index in [4.69, 9.17) is 4.74 Å². The Hall–Kier alpha value is -2.88. The number of thiophene rings is 1. The fraction of sp³-hybridized carbons (Fsp3) is 0.292. The molecule has 0 spiro atoms. The van der Waals surface area contributed by atoms with E-state index in [1.54, 1.807) is 11.3 Å². The van der Waals surface area contributed by atoms with Crippen molar-refractivity contribution >= 4 is 28.6 Å². The summed E-state index contributed by atoms with van der Waals surface area (Å²) in [6.45, 7) is 1.99. The van der Waals surface area contributed by atoms with Gasteiger partial charge < -0.3 is 15.0 Å². The molecule has 5 nitrogen and oxygen atoms in total. The van der Waals surface area contributed by atoms with E-state index >= 15 is 0 Å². The van der Waals surface area contributed by atoms with Crippen LogP contribution in [-0.2, 0) is 15.7 Å². The van der Waals surface area contributed by atoms with E-state index in [1.807, 2.05) is 52.7 Å². The number of carbonyl (C=O) groups excluding carboxylic acids is 1. The number of hydrogen-bond acceptors (Lipinski definition) is 5. The highest BCUT2D eigenvalue weighted by molar-refractivity contribution is 7.10. The Morgan fingerprint density at radius 1 is 1.06 bits per heavy atom. The van der Waals surface area contributed by atoms with Gasteiger partial charge in [-0.25, -0.2) is 0 Å². The third-order valence-corrected chi connectivity index (χ3v) is 6.31. The van der Waals surface area contributed by atoms with Crippen LogP contribution in [0, 0.1) is 0 Å². The highest BCUT2D eigenvalue weighted by Gasteiger charge is 2.32. The summed E-state index contributed by atoms with van der Waals surface area (Å²) in [7, 11) is 0. The minimum Gasteiger partial charge on any atom is -0.378 e. The maximum Gasteiger partial charge on any atom is 0.416 e. The van der Waals surface area contributed by atoms with Crippen LogP contribution in [0.2, 0.25) is 0 Å². The molecule has 0 unspecified atom stereocenters. The van der Waals surface area contributed by atoms with E-state index in [0.717, 1.165) is 22.6 Å². The van der Waals surface area contributed by atoms with Gasteiger partial charge in [-0.3, -0.25) is 10.1 Å². The van der Waals surface area contributed by atoms with Crippen LogP contribution >= 0.6 is 11.3 Å². The molecule has 2 N–H and O–H groups in total. The molecule has 0 aliphatic carbocycles. The number of nitrogens with one attached hydrogen (secondary N) is 2. The number of hydrogen-bond donors (Lipinski definition) is 2. The molecular formula is C24H24F3N3O2S. The van der Waals surface area contributed by atoms with E-state index in [2.05, 4.69) is 10.6 Å². The summed E-state index contributed by atoms with van der Waals surface area (Å²) in [4.78, 5) is 15.8. The van der Waals surface area contributed by atoms with Crippen LogP contribution < -0.4 is 15.5 Å². The maximum atomic E-state index is 13.3. The Morgan fingerprint density at radius 2 is 1.82 bits per heavy atom. The molecule has 9 heteroatoms. The Labute approximate surface area is 194 Å². The molecule has 1 saturated heterocycles. The molecule has 4 rings (SSSR count). The van der Waals surface area contributed by atoms with Crippen molar-refractivity contribution < 1.29 is 22.7 Å². The molecule has 1 amide bonds. The highest BCUT2D eigenvalue weighted by Crippen LogP contribution is 2.36. The molecule has 2 heterocycles. The molecule has 1 aromatic heterocycles. The minimum absolute atomic E-state index is 0.0593. The summed E-state index contributed by atoms with van der Waals surface area (Å²) in [6.07, 6.45) is -4.50. The number of ether oxygens (including phenoxy) is 1. The number of anilines is 2. The topological polar surface area (TPSA) is 53.6 Å². The number of morpholine rings is 1. The molecule has 1 fully saturated rings. The quantitative estimate of drug-likeness (QED) is 0.509. The van der Waals surface area contributed by atoms with E-state index in [9.17, 15) is 18.0 Å². The van der Waals surface area contributed by atoms with Crippen molar-refractivity contribution in [1.29, 1.82) is 0 Å². The summed E-state index contributed by atoms with van der Waals surface area (Å²) >= 11 is 1.57. The van der Waals surface area contributed by atoms with Crippen molar-refractivity contribution in [2.24, 2.45) is 0 Å². The predicted molar refractivity (Wildman–Crippen MR) is 124 cm³/mol. The van der Waals surface area contributed by atoms with Gasteiger partial charge in [-0.2, -0.15) is 13.2 Å². The molecule has 2 aromatic carbocycles. The molecule has 33 heavy (non-hydrogen) atoms. The van der Waals surface area contributed by atoms with Crippen molar-refractivity contribution in [3.8, 4) is 0 Å². The summed E-state index contributed by atoms with van der Waals surface area (Å²) in [5.41, 5.74) is 0.896. The van der Waals surface area contributed by atoms with Crippen LogP contribution in [0.1, 0.15) is 22.0 Å². The van der Waals surface area contributed by atoms with E-state index in [1.165, 1.54) is 6.07 Å². The van der Waals surface area contributed by atoms with Crippen LogP contribution in [0.25, 0.3) is 0 Å². The zero-order valence-corrected chi connectivity index (χ0v) is 18.6. The van der Waals surface area contributed by atoms with Crippen molar-refractivity contribution in [2.45, 2.75) is 12.2 Å². The highest BCUT2D eigenvalue weighted by atomic mass is 32.1. The summed E-state index contributed by atoms with van der Waals surface area (Å²) < 4.78 is 45.3. The van der Waals surface area contributed by atoms with Gasteiger partial charge in [-0.05, 0) is 35.2 Å². The predicted octanol–water partition coefficient (Wildman–Crippen LogP) is 4.92. The molecule has 0 radical (unpaired) electrons. The van der Waals surface area contributed by atoms with Gasteiger partial charge in [0.2, 0.25) is 5.91 Å². The van der Waals surface area contributed by atoms with Gasteiger partial charge in [0.1, 0.15) is 0 Å². The Bertz CT molecular complexity index is 1050. The molecule has 1 atom stereocenters. The standard InChI is InChI=1S/C24H24F3N3O2S/c25-24(26,27)18-8-9-20(30-10-12-32-13-11-30)19(15-18)29-22(31)16-28-23(21-7-4-14-33-21)17-5-2-1-3-6-17/h1-9,14-15,23,28H,10-13,16H2,(H,29,31)/t23-/m1/s1. The third kappa shape index (κ3) is 5.93. The first-order valence-corrected chi connectivity index (χ1v) is 11.5. The number of benzene rings is 2. The smallest absolute Gasteiger partial charge is 0.378 e. The van der Waals surface area contributed by atoms with E-state index < -0.39 is 17.6 Å². The molecule has 0 bridgehead atoms. The van der Waals surface area contributed by atoms with Gasteiger partial charge in [-0.1, -0.05) is 36.4 Å². The van der Waals surface area contributed by atoms with Gasteiger partial charge in [0, 0.05) is 18.0 Å². The Morgan fingerprint density at radius 3 is 2.48 bits per heavy atom. The number of nitrogens with zero attached hydrogens (tertiary/aromatic N) is 1. The van der Waals surface area contributed by atoms with Crippen molar-refractivity contribution in [2.75, 3.05) is 43.1 Å². The van der Waals surface area contributed by atoms with Crippen molar-refractivity contribution in [3.05, 3.63) is 82.0 Å². The average Bonchev–Trinajstić information content (AvgIpc) is 3.34. The van der Waals surface area contributed by atoms with Crippen LogP contribution in [0.4, 0.5) is 24.5 Å². The number of amides is 1. The van der Waals surface area contributed by atoms with Gasteiger partial charge in [0.05, 0.1) is 42.7 Å². The maximum absolute atomic E-state index is 13.3. The molecule has 174 valence electrons. The lowest BCUT2D eigenvalue weighted by molar-refractivity contribution is -0.137. The summed E-state index contributed by atoms with van der Waals surface area (Å²) in [5, 5.41) is 7.90. The third-order valence-electron chi connectivity index (χ3n) is 5.38. The SMILES string of the molecule is O=C(CN[C@H](c1ccccc1)c1cccs1)Nc1cc(C(F)(F)F)ccc1N1CCOCC1. The molecule has 1 aliphatic heterocycles. The lowest BCUT2D eigenvalue weighted by Crippen LogP contribution is -2.37. The first kappa shape index (κ1) is 23.3. The Kier molecular flexibility index (Phi) is 7.32. The summed E-state index contributed by atoms with van der Waals surface area (Å²) in [6, 6.07) is 16.9. The molecule has 0 saturated carbocycles. The molecular weight excluding hydrogens is 451 g/mol. The second-order valence-corrected chi connectivity index (χ2v) is 8.60. The first-order chi connectivity index (χ1) is 15.9. The van der Waals surface area contributed by atoms with Gasteiger partial charge in [-0.15, -0.1) is 11.3 Å². The number of rotatable bonds is 7. The molecule has 1 aliphatic rings. The first-order valence-electron chi connectivity index (χ1n) is 10.6. The lowest BCUT2D eigenvalue weighted by atomic mass is 10.1. The lowest BCUT2D eigenvalue weighted by Gasteiger charge is -2.31. The van der Waals surface area contributed by atoms with Crippen molar-refractivity contribution in [1.82, 2.24) is 5.32 Å². The minimum atomic E-state index is -4.50. The fourth-order valence-corrected chi connectivity index (χ4v) is 4.59. The van der Waals surface area contributed by atoms with Crippen LogP contribution in [0.15, 0.2) is 66.0 Å². The summed E-state index contributed by atoms with van der Waals surface area (Å²) in [5.74, 6) is -0.415. The van der Waals surface area contributed by atoms with Crippen molar-refractivity contribution in [3.63, 3.8) is 0 Å². The van der Waals surface area contributed by atoms with E-state index in [0.29, 0.717) is 32.0 Å². The fourth-order valence-electron chi connectivity index (χ4n) is 3.77. The average molecular weight is 476 g/mol. The zero-order valence-electron chi connectivity index (χ0n) is 17.8. The zero-order chi connectivity index (χ0) is 23.3. The monoisotopic (exact) mass is 475 g/mol. The van der Waals surface area contributed by atoms with E-state index in [-0.39, 0.29) is 18.3 Å². The second-order valence-electron chi connectivity index (χ2n) is 7.62. The largest absolute Gasteiger partial charge is 0.416 e. The van der Waals surface area contributed by atoms with Gasteiger partial charge in [0.25, 0.3) is 0 Å². The van der Waals surface area contributed by atoms with Crippen LogP contribution in [0.5, 0.6) is 0 Å². The number of carbonyl (C=O) groups is 1. The van der Waals surface area contributed by atoms with Gasteiger partial charge >= 0.3 is 6.18 Å². The number of halogens is 3. The van der Waals surface area contributed by atoms with Gasteiger partial charge in [0.15, 0.2) is 0 Å². The normalized spacial score (nSPS) is 15.3. The second kappa shape index (κ2) is 10.4. The Balaban J connectivity index is 1.52. The number of alkyl halides is 3.